The van der Waals surface area contributed by atoms with Crippen LogP contribution in [-0.4, -0.2) is 33.1 Å². The van der Waals surface area contributed by atoms with Crippen LogP contribution in [0.15, 0.2) is 101 Å². The van der Waals surface area contributed by atoms with E-state index in [1.165, 1.54) is 18.3 Å². The molecule has 8 nitrogen and oxygen atoms in total. The van der Waals surface area contributed by atoms with E-state index in [4.69, 9.17) is 4.74 Å². The molecule has 9 heteroatoms. The van der Waals surface area contributed by atoms with E-state index in [1.807, 2.05) is 49.4 Å². The van der Waals surface area contributed by atoms with Gasteiger partial charge in [-0.15, -0.1) is 0 Å². The third-order valence-corrected chi connectivity index (χ3v) is 6.70. The van der Waals surface area contributed by atoms with Crippen molar-refractivity contribution in [2.24, 2.45) is 5.10 Å². The maximum absolute atomic E-state index is 12.7. The predicted molar refractivity (Wildman–Crippen MR) is 137 cm³/mol. The fourth-order valence-electron chi connectivity index (χ4n) is 3.40. The van der Waals surface area contributed by atoms with Crippen molar-refractivity contribution in [3.8, 4) is 5.75 Å². The maximum Gasteiger partial charge on any atom is 0.343 e. The minimum atomic E-state index is -3.83. The van der Waals surface area contributed by atoms with Crippen LogP contribution in [0.1, 0.15) is 21.5 Å². The van der Waals surface area contributed by atoms with E-state index in [1.54, 1.807) is 36.4 Å². The van der Waals surface area contributed by atoms with Gasteiger partial charge in [0.2, 0.25) is 10.0 Å². The predicted octanol–water partition coefficient (Wildman–Crippen LogP) is 3.80. The number of rotatable bonds is 8. The number of benzene rings is 4. The van der Waals surface area contributed by atoms with Crippen LogP contribution in [0.25, 0.3) is 10.8 Å². The Hall–Kier alpha value is -4.34. The van der Waals surface area contributed by atoms with E-state index in [0.29, 0.717) is 11.1 Å². The Bertz CT molecular complexity index is 1530. The lowest BCUT2D eigenvalue weighted by Crippen LogP contribution is -2.34. The highest BCUT2D eigenvalue weighted by molar-refractivity contribution is 7.89. The Morgan fingerprint density at radius 3 is 2.33 bits per heavy atom. The second-order valence-corrected chi connectivity index (χ2v) is 9.65. The zero-order valence-electron chi connectivity index (χ0n) is 19.3. The molecule has 0 spiro atoms. The van der Waals surface area contributed by atoms with Crippen LogP contribution < -0.4 is 14.9 Å². The molecule has 0 saturated carbocycles. The van der Waals surface area contributed by atoms with E-state index in [0.717, 1.165) is 16.3 Å². The lowest BCUT2D eigenvalue weighted by molar-refractivity contribution is -0.119. The minimum Gasteiger partial charge on any atom is -0.422 e. The summed E-state index contributed by atoms with van der Waals surface area (Å²) >= 11 is 0. The third kappa shape index (κ3) is 6.01. The molecule has 0 bridgehead atoms. The Balaban J connectivity index is 1.49. The lowest BCUT2D eigenvalue weighted by atomic mass is 10.0. The minimum absolute atomic E-state index is 0.0529. The lowest BCUT2D eigenvalue weighted by Gasteiger charge is -2.11. The van der Waals surface area contributed by atoms with E-state index in [2.05, 4.69) is 15.2 Å². The largest absolute Gasteiger partial charge is 0.422 e. The van der Waals surface area contributed by atoms with E-state index >= 15 is 0 Å². The SMILES string of the molecule is Cc1ccc(C(=O)Oc2ccc3ccccc3c2C=NNC(=O)CNS(=O)(=O)c2ccccc2)cc1. The number of carbonyl (C=O) groups is 2. The van der Waals surface area contributed by atoms with Crippen LogP contribution >= 0.6 is 0 Å². The number of hydrogen-bond donors (Lipinski definition) is 2. The van der Waals surface area contributed by atoms with Gasteiger partial charge in [0.25, 0.3) is 5.91 Å². The molecule has 0 unspecified atom stereocenters. The quantitative estimate of drug-likeness (QED) is 0.165. The molecule has 0 aromatic heterocycles. The summed E-state index contributed by atoms with van der Waals surface area (Å²) in [6.45, 7) is 1.42. The second kappa shape index (κ2) is 10.9. The maximum atomic E-state index is 12.7. The smallest absolute Gasteiger partial charge is 0.343 e. The normalized spacial score (nSPS) is 11.5. The van der Waals surface area contributed by atoms with E-state index in [-0.39, 0.29) is 10.6 Å². The summed E-state index contributed by atoms with van der Waals surface area (Å²) in [5, 5.41) is 5.61. The van der Waals surface area contributed by atoms with Crippen LogP contribution in [-0.2, 0) is 14.8 Å². The summed E-state index contributed by atoms with van der Waals surface area (Å²) in [6.07, 6.45) is 1.36. The number of ether oxygens (including phenoxy) is 1. The topological polar surface area (TPSA) is 114 Å². The fourth-order valence-corrected chi connectivity index (χ4v) is 4.40. The molecular weight excluding hydrogens is 478 g/mol. The molecule has 0 saturated heterocycles. The number of aryl methyl sites for hydroxylation is 1. The van der Waals surface area contributed by atoms with Gasteiger partial charge in [0.15, 0.2) is 0 Å². The molecule has 0 fully saturated rings. The van der Waals surface area contributed by atoms with Crippen LogP contribution in [0.5, 0.6) is 5.75 Å². The van der Waals surface area contributed by atoms with Gasteiger partial charge in [-0.05, 0) is 48.0 Å². The molecule has 4 aromatic rings. The van der Waals surface area contributed by atoms with Crippen LogP contribution in [0, 0.1) is 6.92 Å². The van der Waals surface area contributed by atoms with Crippen LogP contribution in [0.3, 0.4) is 0 Å². The molecule has 36 heavy (non-hydrogen) atoms. The summed E-state index contributed by atoms with van der Waals surface area (Å²) in [7, 11) is -3.83. The molecule has 0 radical (unpaired) electrons. The molecule has 182 valence electrons. The highest BCUT2D eigenvalue weighted by atomic mass is 32.2. The first-order valence-electron chi connectivity index (χ1n) is 11.0. The Morgan fingerprint density at radius 1 is 0.889 bits per heavy atom. The summed E-state index contributed by atoms with van der Waals surface area (Å²) in [5.41, 5.74) is 4.21. The number of nitrogens with one attached hydrogen (secondary N) is 2. The van der Waals surface area contributed by atoms with Gasteiger partial charge in [-0.3, -0.25) is 4.79 Å². The molecule has 0 aliphatic carbocycles. The zero-order valence-corrected chi connectivity index (χ0v) is 20.2. The standard InChI is InChI=1S/C27H23N3O5S/c1-19-11-13-21(14-12-19)27(32)35-25-16-15-20-7-5-6-10-23(20)24(25)17-28-30-26(31)18-29-36(33,34)22-8-3-2-4-9-22/h2-17,29H,18H2,1H3,(H,30,31). The van der Waals surface area contributed by atoms with Crippen LogP contribution in [0.2, 0.25) is 0 Å². The molecule has 0 aliphatic heterocycles. The van der Waals surface area contributed by atoms with Crippen molar-refractivity contribution < 1.29 is 22.7 Å². The number of nitrogens with zero attached hydrogens (tertiary/aromatic N) is 1. The van der Waals surface area contributed by atoms with Gasteiger partial charge in [-0.2, -0.15) is 5.10 Å². The number of sulfonamides is 1. The molecule has 4 aromatic carbocycles. The number of hydrazone groups is 1. The first-order valence-corrected chi connectivity index (χ1v) is 12.5. The third-order valence-electron chi connectivity index (χ3n) is 5.28. The van der Waals surface area contributed by atoms with Gasteiger partial charge in [0, 0.05) is 5.56 Å². The van der Waals surface area contributed by atoms with Gasteiger partial charge >= 0.3 is 5.97 Å². The molecule has 0 atom stereocenters. The number of esters is 1. The first kappa shape index (κ1) is 24.8. The molecule has 0 heterocycles. The zero-order chi connectivity index (χ0) is 25.5. The average Bonchev–Trinajstić information content (AvgIpc) is 2.89. The molecular formula is C27H23N3O5S. The first-order chi connectivity index (χ1) is 17.3. The number of fused-ring (bicyclic) bond motifs is 1. The van der Waals surface area contributed by atoms with Gasteiger partial charge < -0.3 is 4.74 Å². The van der Waals surface area contributed by atoms with E-state index < -0.39 is 28.4 Å². The number of hydrogen-bond acceptors (Lipinski definition) is 6. The van der Waals surface area contributed by atoms with Crippen molar-refractivity contribution in [1.29, 1.82) is 0 Å². The summed E-state index contributed by atoms with van der Waals surface area (Å²) in [4.78, 5) is 25.0. The average molecular weight is 502 g/mol. The highest BCUT2D eigenvalue weighted by Gasteiger charge is 2.16. The molecule has 0 aliphatic rings. The molecule has 1 amide bonds. The molecule has 4 rings (SSSR count). The van der Waals surface area contributed by atoms with Crippen molar-refractivity contribution in [2.45, 2.75) is 11.8 Å². The highest BCUT2D eigenvalue weighted by Crippen LogP contribution is 2.27. The van der Waals surface area contributed by atoms with Crippen molar-refractivity contribution in [1.82, 2.24) is 10.1 Å². The van der Waals surface area contributed by atoms with Crippen molar-refractivity contribution >= 4 is 38.9 Å². The van der Waals surface area contributed by atoms with Gasteiger partial charge in [-0.25, -0.2) is 23.4 Å². The summed E-state index contributed by atoms with van der Waals surface area (Å²) < 4.78 is 32.4. The van der Waals surface area contributed by atoms with E-state index in [9.17, 15) is 18.0 Å². The Kier molecular flexibility index (Phi) is 7.53. The summed E-state index contributed by atoms with van der Waals surface area (Å²) in [6, 6.07) is 25.7. The van der Waals surface area contributed by atoms with Gasteiger partial charge in [0.05, 0.1) is 23.2 Å². The Morgan fingerprint density at radius 2 is 1.58 bits per heavy atom. The van der Waals surface area contributed by atoms with Crippen molar-refractivity contribution in [3.05, 3.63) is 108 Å². The van der Waals surface area contributed by atoms with Gasteiger partial charge in [0.1, 0.15) is 5.75 Å². The second-order valence-electron chi connectivity index (χ2n) is 7.88. The van der Waals surface area contributed by atoms with Crippen molar-refractivity contribution in [2.75, 3.05) is 6.54 Å². The number of carbonyl (C=O) groups excluding carboxylic acids is 2. The molecule has 2 N–H and O–H groups in total. The van der Waals surface area contributed by atoms with Crippen LogP contribution in [0.4, 0.5) is 0 Å². The monoisotopic (exact) mass is 501 g/mol. The number of amides is 1. The van der Waals surface area contributed by atoms with Gasteiger partial charge in [-0.1, -0.05) is 66.2 Å². The van der Waals surface area contributed by atoms with Crippen molar-refractivity contribution in [3.63, 3.8) is 0 Å². The Labute approximate surface area is 208 Å². The summed E-state index contributed by atoms with van der Waals surface area (Å²) in [5.74, 6) is -0.925. The fraction of sp³-hybridized carbons (Fsp3) is 0.0741.